The van der Waals surface area contributed by atoms with E-state index in [9.17, 15) is 4.79 Å². The average molecular weight is 464 g/mol. The zero-order chi connectivity index (χ0) is 24.1. The molecule has 7 heteroatoms. The van der Waals surface area contributed by atoms with Gasteiger partial charge in [-0.1, -0.05) is 44.2 Å². The van der Waals surface area contributed by atoms with Crippen molar-refractivity contribution >= 4 is 5.91 Å². The Morgan fingerprint density at radius 3 is 2.47 bits per heavy atom. The highest BCUT2D eigenvalue weighted by Crippen LogP contribution is 2.35. The quantitative estimate of drug-likeness (QED) is 0.444. The molecule has 0 saturated carbocycles. The van der Waals surface area contributed by atoms with E-state index < -0.39 is 0 Å². The molecule has 7 nitrogen and oxygen atoms in total. The minimum absolute atomic E-state index is 0.0607. The van der Waals surface area contributed by atoms with Crippen LogP contribution in [0.3, 0.4) is 0 Å². The lowest BCUT2D eigenvalue weighted by atomic mass is 10.1. The van der Waals surface area contributed by atoms with Gasteiger partial charge in [-0.3, -0.25) is 4.79 Å². The molecule has 0 N–H and O–H groups in total. The van der Waals surface area contributed by atoms with E-state index >= 15 is 0 Å². The fraction of sp³-hybridized carbons (Fsp3) is 0.407. The first-order valence-electron chi connectivity index (χ1n) is 11.8. The number of ether oxygens (including phenoxy) is 3. The van der Waals surface area contributed by atoms with Gasteiger partial charge < -0.3 is 19.1 Å². The summed E-state index contributed by atoms with van der Waals surface area (Å²) in [4.78, 5) is 15.1. The van der Waals surface area contributed by atoms with Gasteiger partial charge in [0.2, 0.25) is 11.8 Å². The molecule has 1 fully saturated rings. The van der Waals surface area contributed by atoms with Crippen LogP contribution in [0.25, 0.3) is 11.3 Å². The molecule has 1 atom stereocenters. The molecule has 180 valence electrons. The van der Waals surface area contributed by atoms with Crippen LogP contribution in [0.15, 0.2) is 54.6 Å². The topological polar surface area (TPSA) is 65.8 Å². The summed E-state index contributed by atoms with van der Waals surface area (Å²) < 4.78 is 19.2. The Bertz CT molecular complexity index is 1090. The molecular weight excluding hydrogens is 430 g/mol. The van der Waals surface area contributed by atoms with Crippen molar-refractivity contribution in [1.29, 1.82) is 0 Å². The molecule has 1 aromatic heterocycles. The maximum absolute atomic E-state index is 13.2. The van der Waals surface area contributed by atoms with E-state index in [2.05, 4.69) is 0 Å². The predicted molar refractivity (Wildman–Crippen MR) is 131 cm³/mol. The second kappa shape index (κ2) is 10.7. The number of aromatic nitrogens is 2. The number of carbonyl (C=O) groups excluding carboxylic acids is 1. The molecule has 2 aromatic carbocycles. The van der Waals surface area contributed by atoms with E-state index in [0.717, 1.165) is 42.0 Å². The lowest BCUT2D eigenvalue weighted by molar-refractivity contribution is -0.136. The number of aryl methyl sites for hydroxylation is 1. The number of carbonyl (C=O) groups is 1. The van der Waals surface area contributed by atoms with Gasteiger partial charge in [0.05, 0.1) is 25.3 Å². The summed E-state index contributed by atoms with van der Waals surface area (Å²) in [6.45, 7) is 5.56. The number of rotatable bonds is 9. The van der Waals surface area contributed by atoms with Gasteiger partial charge in [-0.2, -0.15) is 5.10 Å². The Morgan fingerprint density at radius 2 is 1.85 bits per heavy atom. The summed E-state index contributed by atoms with van der Waals surface area (Å²) in [5.74, 6) is 2.01. The van der Waals surface area contributed by atoms with Crippen LogP contribution >= 0.6 is 0 Å². The largest absolute Gasteiger partial charge is 0.497 e. The van der Waals surface area contributed by atoms with Gasteiger partial charge in [-0.05, 0) is 37.1 Å². The maximum Gasteiger partial charge on any atom is 0.225 e. The molecular formula is C27H33N3O4. The highest BCUT2D eigenvalue weighted by atomic mass is 16.5. The minimum Gasteiger partial charge on any atom is -0.497 e. The van der Waals surface area contributed by atoms with Crippen LogP contribution in [0.4, 0.5) is 0 Å². The molecule has 1 unspecified atom stereocenters. The number of hydrogen-bond acceptors (Lipinski definition) is 5. The van der Waals surface area contributed by atoms with E-state index in [0.29, 0.717) is 24.7 Å². The summed E-state index contributed by atoms with van der Waals surface area (Å²) in [6.07, 6.45) is 2.06. The number of hydrogen-bond donors (Lipinski definition) is 0. The van der Waals surface area contributed by atoms with Crippen LogP contribution in [-0.4, -0.2) is 47.0 Å². The monoisotopic (exact) mass is 463 g/mol. The first kappa shape index (κ1) is 23.8. The molecule has 0 radical (unpaired) electrons. The van der Waals surface area contributed by atoms with E-state index in [4.69, 9.17) is 19.3 Å². The van der Waals surface area contributed by atoms with Crippen molar-refractivity contribution in [2.45, 2.75) is 39.3 Å². The molecule has 4 rings (SSSR count). The van der Waals surface area contributed by atoms with Crippen molar-refractivity contribution in [1.82, 2.24) is 14.7 Å². The highest BCUT2D eigenvalue weighted by molar-refractivity contribution is 5.78. The SMILES string of the molecule is COc1ccc(Oc2c(CN(CC3CCCO3)C(=O)C(C)C)c(-c3ccccc3)nn2C)cc1. The minimum atomic E-state index is -0.121. The van der Waals surface area contributed by atoms with Crippen molar-refractivity contribution in [2.24, 2.45) is 13.0 Å². The van der Waals surface area contributed by atoms with Gasteiger partial charge >= 0.3 is 0 Å². The van der Waals surface area contributed by atoms with Crippen LogP contribution in [0.1, 0.15) is 32.3 Å². The summed E-state index contributed by atoms with van der Waals surface area (Å²) in [6, 6.07) is 17.4. The van der Waals surface area contributed by atoms with Crippen LogP contribution in [0.2, 0.25) is 0 Å². The molecule has 1 amide bonds. The number of amides is 1. The third-order valence-electron chi connectivity index (χ3n) is 6.01. The Labute approximate surface area is 201 Å². The Kier molecular flexibility index (Phi) is 7.53. The molecule has 34 heavy (non-hydrogen) atoms. The molecule has 0 spiro atoms. The lowest BCUT2D eigenvalue weighted by Gasteiger charge is -2.27. The first-order valence-corrected chi connectivity index (χ1v) is 11.8. The van der Waals surface area contributed by atoms with Crippen molar-refractivity contribution in [2.75, 3.05) is 20.3 Å². The number of benzene rings is 2. The van der Waals surface area contributed by atoms with E-state index in [1.165, 1.54) is 0 Å². The Hall–Kier alpha value is -3.32. The van der Waals surface area contributed by atoms with Crippen molar-refractivity contribution in [3.63, 3.8) is 0 Å². The summed E-state index contributed by atoms with van der Waals surface area (Å²) in [5.41, 5.74) is 2.66. The third kappa shape index (κ3) is 5.42. The van der Waals surface area contributed by atoms with Crippen LogP contribution in [0.5, 0.6) is 17.4 Å². The van der Waals surface area contributed by atoms with E-state index in [-0.39, 0.29) is 17.9 Å². The standard InChI is InChI=1S/C27H33N3O4/c1-19(2)26(31)30(17-23-11-8-16-33-23)18-24-25(20-9-6-5-7-10-20)28-29(3)27(24)34-22-14-12-21(32-4)13-15-22/h5-7,9-10,12-15,19,23H,8,11,16-18H2,1-4H3. The highest BCUT2D eigenvalue weighted by Gasteiger charge is 2.28. The lowest BCUT2D eigenvalue weighted by Crippen LogP contribution is -2.39. The zero-order valence-electron chi connectivity index (χ0n) is 20.4. The van der Waals surface area contributed by atoms with Gasteiger partial charge in [-0.25, -0.2) is 4.68 Å². The molecule has 3 aromatic rings. The fourth-order valence-electron chi connectivity index (χ4n) is 4.23. The number of nitrogens with zero attached hydrogens (tertiary/aromatic N) is 3. The van der Waals surface area contributed by atoms with Crippen molar-refractivity contribution in [3.05, 3.63) is 60.2 Å². The van der Waals surface area contributed by atoms with Crippen molar-refractivity contribution < 1.29 is 19.0 Å². The molecule has 2 heterocycles. The third-order valence-corrected chi connectivity index (χ3v) is 6.01. The zero-order valence-corrected chi connectivity index (χ0v) is 20.4. The summed E-state index contributed by atoms with van der Waals surface area (Å²) in [7, 11) is 3.50. The molecule has 0 aliphatic carbocycles. The molecule has 0 bridgehead atoms. The predicted octanol–water partition coefficient (Wildman–Crippen LogP) is 5.05. The van der Waals surface area contributed by atoms with Crippen molar-refractivity contribution in [3.8, 4) is 28.6 Å². The van der Waals surface area contributed by atoms with Crippen LogP contribution in [0, 0.1) is 5.92 Å². The van der Waals surface area contributed by atoms with E-state index in [1.807, 2.05) is 80.4 Å². The first-order chi connectivity index (χ1) is 16.5. The summed E-state index contributed by atoms with van der Waals surface area (Å²) >= 11 is 0. The van der Waals surface area contributed by atoms with E-state index in [1.54, 1.807) is 11.8 Å². The van der Waals surface area contributed by atoms with Gasteiger partial charge in [0.25, 0.3) is 0 Å². The second-order valence-electron chi connectivity index (χ2n) is 8.91. The maximum atomic E-state index is 13.2. The smallest absolute Gasteiger partial charge is 0.225 e. The van der Waals surface area contributed by atoms with Gasteiger partial charge in [-0.15, -0.1) is 0 Å². The fourth-order valence-corrected chi connectivity index (χ4v) is 4.23. The number of methoxy groups -OCH3 is 1. The Balaban J connectivity index is 1.72. The molecule has 1 aliphatic rings. The van der Waals surface area contributed by atoms with Gasteiger partial charge in [0.15, 0.2) is 0 Å². The second-order valence-corrected chi connectivity index (χ2v) is 8.91. The molecule has 1 saturated heterocycles. The van der Waals surface area contributed by atoms with Gasteiger partial charge in [0, 0.05) is 31.7 Å². The summed E-state index contributed by atoms with van der Waals surface area (Å²) in [5, 5.41) is 4.80. The Morgan fingerprint density at radius 1 is 1.15 bits per heavy atom. The van der Waals surface area contributed by atoms with Crippen LogP contribution < -0.4 is 9.47 Å². The van der Waals surface area contributed by atoms with Gasteiger partial charge in [0.1, 0.15) is 17.2 Å². The normalized spacial score (nSPS) is 15.5. The average Bonchev–Trinajstić information content (AvgIpc) is 3.47. The molecule has 1 aliphatic heterocycles. The van der Waals surface area contributed by atoms with Crippen LogP contribution in [-0.2, 0) is 23.1 Å².